The topological polar surface area (TPSA) is 114 Å². The number of likely N-dealkylation sites (N-methyl/N-ethyl adjacent to an activating group) is 1. The Morgan fingerprint density at radius 3 is 2.32 bits per heavy atom. The van der Waals surface area contributed by atoms with Gasteiger partial charge in [0.05, 0.1) is 22.9 Å². The zero-order valence-electron chi connectivity index (χ0n) is 20.1. The lowest BCUT2D eigenvalue weighted by molar-refractivity contribution is -0.274. The number of hydrogen-bond donors (Lipinski definition) is 2. The van der Waals surface area contributed by atoms with Gasteiger partial charge >= 0.3 is 6.36 Å². The summed E-state index contributed by atoms with van der Waals surface area (Å²) in [6, 6.07) is 10.4. The van der Waals surface area contributed by atoms with Crippen LogP contribution in [0.15, 0.2) is 42.5 Å². The summed E-state index contributed by atoms with van der Waals surface area (Å²) in [4.78, 5) is 29.6. The fourth-order valence-electron chi connectivity index (χ4n) is 3.97. The lowest BCUT2D eigenvalue weighted by Gasteiger charge is -2.35. The smallest absolute Gasteiger partial charge is 0.404 e. The number of halogens is 3. The third-order valence-corrected chi connectivity index (χ3v) is 7.02. The molecule has 0 saturated carbocycles. The molecule has 1 unspecified atom stereocenters. The van der Waals surface area contributed by atoms with Crippen molar-refractivity contribution in [1.82, 2.24) is 20.0 Å². The monoisotopic (exact) mass is 534 g/mol. The van der Waals surface area contributed by atoms with Crippen LogP contribution >= 0.6 is 11.3 Å². The predicted octanol–water partition coefficient (Wildman–Crippen LogP) is 3.44. The van der Waals surface area contributed by atoms with Crippen molar-refractivity contribution in [3.05, 3.63) is 48.0 Å². The molecule has 37 heavy (non-hydrogen) atoms. The van der Waals surface area contributed by atoms with Gasteiger partial charge in [-0.2, -0.15) is 0 Å². The van der Waals surface area contributed by atoms with E-state index in [9.17, 15) is 22.8 Å². The standard InChI is InChI=1S/C24H25F3N6O3S/c1-14(33-12-10-32(2)11-13-33)21(35)29-19-17(36-24(25,26)27)9-8-16(20(28)34)18(19)23-31-30-22(37-23)15-6-4-3-5-7-15/h3-9,14H,10-13H2,1-2H3,(H2,28,34)(H,29,35). The normalized spacial score (nSPS) is 15.8. The molecule has 1 aromatic heterocycles. The number of nitrogens with two attached hydrogens (primary N) is 1. The fourth-order valence-corrected chi connectivity index (χ4v) is 4.88. The molecule has 1 aliphatic heterocycles. The molecular formula is C24H25F3N6O3S. The van der Waals surface area contributed by atoms with E-state index in [1.165, 1.54) is 0 Å². The molecule has 0 aliphatic carbocycles. The van der Waals surface area contributed by atoms with Crippen molar-refractivity contribution in [2.24, 2.45) is 5.73 Å². The number of nitrogens with one attached hydrogen (secondary N) is 1. The minimum Gasteiger partial charge on any atom is -0.404 e. The second-order valence-electron chi connectivity index (χ2n) is 8.56. The van der Waals surface area contributed by atoms with Gasteiger partial charge in [-0.15, -0.1) is 23.4 Å². The van der Waals surface area contributed by atoms with Gasteiger partial charge in [0.2, 0.25) is 11.8 Å². The van der Waals surface area contributed by atoms with Gasteiger partial charge < -0.3 is 20.7 Å². The first-order valence-electron chi connectivity index (χ1n) is 11.4. The van der Waals surface area contributed by atoms with E-state index in [1.54, 1.807) is 31.2 Å². The summed E-state index contributed by atoms with van der Waals surface area (Å²) in [6.45, 7) is 4.38. The quantitative estimate of drug-likeness (QED) is 0.477. The van der Waals surface area contributed by atoms with Crippen molar-refractivity contribution in [3.8, 4) is 26.9 Å². The van der Waals surface area contributed by atoms with Crippen LogP contribution in [0, 0.1) is 0 Å². The fraction of sp³-hybridized carbons (Fsp3) is 0.333. The molecule has 0 bridgehead atoms. The van der Waals surface area contributed by atoms with E-state index in [0.717, 1.165) is 42.1 Å². The Balaban J connectivity index is 1.78. The molecule has 0 radical (unpaired) electrons. The van der Waals surface area contributed by atoms with Gasteiger partial charge in [0.25, 0.3) is 0 Å². The second kappa shape index (κ2) is 10.8. The number of alkyl halides is 3. The van der Waals surface area contributed by atoms with E-state index < -0.39 is 30.0 Å². The SMILES string of the molecule is CC(C(=O)Nc1c(OC(F)(F)F)ccc(C(N)=O)c1-c1nnc(-c2ccccc2)s1)N1CCN(C)CC1. The first kappa shape index (κ1) is 26.5. The van der Waals surface area contributed by atoms with Crippen LogP contribution in [0.4, 0.5) is 18.9 Å². The molecule has 1 atom stereocenters. The van der Waals surface area contributed by atoms with Crippen LogP contribution in [0.2, 0.25) is 0 Å². The Morgan fingerprint density at radius 2 is 1.70 bits per heavy atom. The molecule has 1 fully saturated rings. The van der Waals surface area contributed by atoms with Gasteiger partial charge in [0.15, 0.2) is 10.8 Å². The number of amides is 2. The summed E-state index contributed by atoms with van der Waals surface area (Å²) in [7, 11) is 1.97. The third kappa shape index (κ3) is 6.24. The minimum absolute atomic E-state index is 0.0899. The summed E-state index contributed by atoms with van der Waals surface area (Å²) in [5.41, 5.74) is 5.72. The van der Waals surface area contributed by atoms with Gasteiger partial charge in [0, 0.05) is 31.7 Å². The number of anilines is 1. The van der Waals surface area contributed by atoms with Crippen molar-refractivity contribution in [2.75, 3.05) is 38.5 Å². The van der Waals surface area contributed by atoms with Crippen molar-refractivity contribution < 1.29 is 27.5 Å². The average molecular weight is 535 g/mol. The summed E-state index contributed by atoms with van der Waals surface area (Å²) >= 11 is 1.04. The number of primary amides is 1. The number of benzene rings is 2. The molecular weight excluding hydrogens is 509 g/mol. The summed E-state index contributed by atoms with van der Waals surface area (Å²) in [5, 5.41) is 11.4. The van der Waals surface area contributed by atoms with Crippen LogP contribution < -0.4 is 15.8 Å². The first-order chi connectivity index (χ1) is 17.5. The minimum atomic E-state index is -5.05. The van der Waals surface area contributed by atoms with E-state index in [2.05, 4.69) is 25.2 Å². The molecule has 3 aromatic rings. The molecule has 3 N–H and O–H groups in total. The Hall–Kier alpha value is -3.55. The van der Waals surface area contributed by atoms with Crippen LogP contribution in [0.3, 0.4) is 0 Å². The highest BCUT2D eigenvalue weighted by atomic mass is 32.1. The molecule has 1 saturated heterocycles. The second-order valence-corrected chi connectivity index (χ2v) is 9.53. The van der Waals surface area contributed by atoms with E-state index in [-0.39, 0.29) is 21.8 Å². The van der Waals surface area contributed by atoms with Crippen molar-refractivity contribution >= 4 is 28.8 Å². The molecule has 0 spiro atoms. The van der Waals surface area contributed by atoms with E-state index in [1.807, 2.05) is 18.0 Å². The van der Waals surface area contributed by atoms with Crippen molar-refractivity contribution in [3.63, 3.8) is 0 Å². The van der Waals surface area contributed by atoms with Crippen LogP contribution in [0.25, 0.3) is 21.1 Å². The zero-order chi connectivity index (χ0) is 26.7. The van der Waals surface area contributed by atoms with Crippen molar-refractivity contribution in [2.45, 2.75) is 19.3 Å². The number of nitrogens with zero attached hydrogens (tertiary/aromatic N) is 4. The largest absolute Gasteiger partial charge is 0.573 e. The molecule has 1 aliphatic rings. The predicted molar refractivity (Wildman–Crippen MR) is 133 cm³/mol. The number of piperazine rings is 1. The maximum atomic E-state index is 13.3. The molecule has 4 rings (SSSR count). The first-order valence-corrected chi connectivity index (χ1v) is 12.2. The zero-order valence-corrected chi connectivity index (χ0v) is 20.9. The lowest BCUT2D eigenvalue weighted by Crippen LogP contribution is -2.51. The molecule has 2 heterocycles. The highest BCUT2D eigenvalue weighted by Crippen LogP contribution is 2.43. The lowest BCUT2D eigenvalue weighted by atomic mass is 10.0. The molecule has 9 nitrogen and oxygen atoms in total. The molecule has 13 heteroatoms. The maximum Gasteiger partial charge on any atom is 0.573 e. The Kier molecular flexibility index (Phi) is 7.76. The Labute approximate surface area is 215 Å². The number of hydrogen-bond acceptors (Lipinski definition) is 8. The number of ether oxygens (including phenoxy) is 1. The molecule has 2 aromatic carbocycles. The van der Waals surface area contributed by atoms with Gasteiger partial charge in [-0.1, -0.05) is 41.7 Å². The number of carbonyl (C=O) groups is 2. The number of aromatic nitrogens is 2. The van der Waals surface area contributed by atoms with Crippen LogP contribution in [-0.2, 0) is 4.79 Å². The van der Waals surface area contributed by atoms with Gasteiger partial charge in [-0.25, -0.2) is 0 Å². The van der Waals surface area contributed by atoms with E-state index >= 15 is 0 Å². The highest BCUT2D eigenvalue weighted by molar-refractivity contribution is 7.18. The number of rotatable bonds is 7. The summed E-state index contributed by atoms with van der Waals surface area (Å²) in [5.74, 6) is -2.16. The third-order valence-electron chi connectivity index (χ3n) is 6.03. The van der Waals surface area contributed by atoms with E-state index in [0.29, 0.717) is 18.1 Å². The van der Waals surface area contributed by atoms with E-state index in [4.69, 9.17) is 5.73 Å². The van der Waals surface area contributed by atoms with Gasteiger partial charge in [0.1, 0.15) is 5.01 Å². The van der Waals surface area contributed by atoms with Gasteiger partial charge in [-0.3, -0.25) is 14.5 Å². The average Bonchev–Trinajstić information content (AvgIpc) is 3.34. The molecule has 196 valence electrons. The van der Waals surface area contributed by atoms with Crippen LogP contribution in [0.1, 0.15) is 17.3 Å². The summed E-state index contributed by atoms with van der Waals surface area (Å²) in [6.07, 6.45) is -5.05. The van der Waals surface area contributed by atoms with Crippen molar-refractivity contribution in [1.29, 1.82) is 0 Å². The van der Waals surface area contributed by atoms with Gasteiger partial charge in [-0.05, 0) is 26.1 Å². The summed E-state index contributed by atoms with van der Waals surface area (Å²) < 4.78 is 44.1. The maximum absolute atomic E-state index is 13.3. The van der Waals surface area contributed by atoms with Crippen LogP contribution in [-0.4, -0.2) is 77.4 Å². The highest BCUT2D eigenvalue weighted by Gasteiger charge is 2.35. The number of carbonyl (C=O) groups excluding carboxylic acids is 2. The molecule has 2 amide bonds. The Bertz CT molecular complexity index is 1280. The Morgan fingerprint density at radius 1 is 1.05 bits per heavy atom. The van der Waals surface area contributed by atoms with Crippen LogP contribution in [0.5, 0.6) is 5.75 Å².